The predicted octanol–water partition coefficient (Wildman–Crippen LogP) is 4.22. The van der Waals surface area contributed by atoms with Crippen molar-refractivity contribution in [3.63, 3.8) is 0 Å². The fourth-order valence-electron chi connectivity index (χ4n) is 2.74. The van der Waals surface area contributed by atoms with Crippen LogP contribution in [-0.4, -0.2) is 35.4 Å². The van der Waals surface area contributed by atoms with E-state index in [1.54, 1.807) is 31.4 Å². The molecule has 140 valence electrons. The van der Waals surface area contributed by atoms with Gasteiger partial charge in [-0.05, 0) is 29.3 Å². The Labute approximate surface area is 166 Å². The van der Waals surface area contributed by atoms with Crippen LogP contribution in [-0.2, 0) is 27.3 Å². The number of rotatable bonds is 6. The molecule has 3 rings (SSSR count). The lowest BCUT2D eigenvalue weighted by Gasteiger charge is -2.17. The van der Waals surface area contributed by atoms with Gasteiger partial charge < -0.3 is 14.6 Å². The number of halogens is 2. The number of ether oxygens (including phenoxy) is 1. The van der Waals surface area contributed by atoms with E-state index in [-0.39, 0.29) is 18.9 Å². The Kier molecular flexibility index (Phi) is 6.04. The molecule has 0 aliphatic carbocycles. The van der Waals surface area contributed by atoms with Gasteiger partial charge in [-0.15, -0.1) is 0 Å². The first-order chi connectivity index (χ1) is 12.9. The first kappa shape index (κ1) is 19.3. The average molecular weight is 405 g/mol. The first-order valence-electron chi connectivity index (χ1n) is 8.32. The predicted molar refractivity (Wildman–Crippen MR) is 106 cm³/mol. The highest BCUT2D eigenvalue weighted by Gasteiger charge is 2.15. The molecule has 2 aromatic carbocycles. The van der Waals surface area contributed by atoms with Crippen molar-refractivity contribution >= 4 is 46.0 Å². The van der Waals surface area contributed by atoms with Gasteiger partial charge in [-0.25, -0.2) is 0 Å². The number of carbonyl (C=O) groups is 2. The van der Waals surface area contributed by atoms with Crippen molar-refractivity contribution in [2.24, 2.45) is 0 Å². The summed E-state index contributed by atoms with van der Waals surface area (Å²) < 4.78 is 5.14. The number of hydrogen-bond donors (Lipinski definition) is 1. The van der Waals surface area contributed by atoms with Crippen molar-refractivity contribution in [3.8, 4) is 0 Å². The van der Waals surface area contributed by atoms with Gasteiger partial charge in [0.2, 0.25) is 0 Å². The summed E-state index contributed by atoms with van der Waals surface area (Å²) in [6.07, 6.45) is 1.89. The zero-order chi connectivity index (χ0) is 19.4. The number of fused-ring (bicyclic) bond motifs is 1. The largest absolute Gasteiger partial charge is 0.455 e. The molecule has 0 fully saturated rings. The number of amides is 1. The molecule has 1 aromatic heterocycles. The maximum Gasteiger partial charge on any atom is 0.310 e. The van der Waals surface area contributed by atoms with Crippen LogP contribution >= 0.6 is 23.2 Å². The Morgan fingerprint density at radius 2 is 1.89 bits per heavy atom. The molecular formula is C20H18Cl2N2O3. The van der Waals surface area contributed by atoms with Crippen molar-refractivity contribution in [2.45, 2.75) is 13.0 Å². The van der Waals surface area contributed by atoms with E-state index in [1.165, 1.54) is 4.90 Å². The number of aromatic amines is 1. The molecule has 0 aliphatic rings. The fourth-order valence-corrected chi connectivity index (χ4v) is 3.06. The van der Waals surface area contributed by atoms with Crippen molar-refractivity contribution in [2.75, 3.05) is 13.7 Å². The van der Waals surface area contributed by atoms with E-state index in [9.17, 15) is 9.59 Å². The third kappa shape index (κ3) is 4.81. The molecule has 3 aromatic rings. The Morgan fingerprint density at radius 3 is 2.67 bits per heavy atom. The maximum absolute atomic E-state index is 12.2. The summed E-state index contributed by atoms with van der Waals surface area (Å²) in [6, 6.07) is 12.9. The van der Waals surface area contributed by atoms with E-state index in [1.807, 2.05) is 24.3 Å². The van der Waals surface area contributed by atoms with Gasteiger partial charge in [0.1, 0.15) is 0 Å². The smallest absolute Gasteiger partial charge is 0.310 e. The molecular weight excluding hydrogens is 387 g/mol. The van der Waals surface area contributed by atoms with Crippen LogP contribution in [0.25, 0.3) is 10.9 Å². The summed E-state index contributed by atoms with van der Waals surface area (Å²) in [7, 11) is 1.64. The number of benzene rings is 2. The van der Waals surface area contributed by atoms with Crippen LogP contribution in [0.5, 0.6) is 0 Å². The quantitative estimate of drug-likeness (QED) is 0.625. The van der Waals surface area contributed by atoms with Gasteiger partial charge in [0.15, 0.2) is 6.61 Å². The number of hydrogen-bond acceptors (Lipinski definition) is 3. The molecule has 0 spiro atoms. The molecule has 7 heteroatoms. The van der Waals surface area contributed by atoms with Gasteiger partial charge in [0.05, 0.1) is 16.5 Å². The molecule has 1 N–H and O–H groups in total. The highest BCUT2D eigenvalue weighted by atomic mass is 35.5. The number of nitrogens with zero attached hydrogens (tertiary/aromatic N) is 1. The first-order valence-corrected chi connectivity index (χ1v) is 9.08. The number of para-hydroxylation sites is 1. The lowest BCUT2D eigenvalue weighted by Crippen LogP contribution is -2.31. The van der Waals surface area contributed by atoms with Crippen molar-refractivity contribution in [3.05, 3.63) is 69.8 Å². The number of aromatic nitrogens is 1. The molecule has 5 nitrogen and oxygen atoms in total. The van der Waals surface area contributed by atoms with Crippen LogP contribution in [0.1, 0.15) is 11.1 Å². The summed E-state index contributed by atoms with van der Waals surface area (Å²) in [4.78, 5) is 28.9. The number of likely N-dealkylation sites (N-methyl/N-ethyl adjacent to an activating group) is 1. The molecule has 27 heavy (non-hydrogen) atoms. The van der Waals surface area contributed by atoms with E-state index in [4.69, 9.17) is 27.9 Å². The summed E-state index contributed by atoms with van der Waals surface area (Å²) in [5.41, 5.74) is 2.63. The van der Waals surface area contributed by atoms with Gasteiger partial charge in [0.25, 0.3) is 5.91 Å². The molecule has 0 atom stereocenters. The van der Waals surface area contributed by atoms with Crippen LogP contribution in [0, 0.1) is 0 Å². The van der Waals surface area contributed by atoms with Crippen molar-refractivity contribution in [1.82, 2.24) is 9.88 Å². The van der Waals surface area contributed by atoms with E-state index in [0.29, 0.717) is 16.6 Å². The minimum atomic E-state index is -0.448. The molecule has 1 heterocycles. The monoisotopic (exact) mass is 404 g/mol. The number of carbonyl (C=O) groups excluding carboxylic acids is 2. The standard InChI is InChI=1S/C20H18Cl2N2O3/c1-24(11-13-6-7-16(21)17(22)8-13)19(25)12-27-20(26)9-14-10-23-18-5-3-2-4-15(14)18/h2-8,10,23H,9,11-12H2,1H3. The van der Waals surface area contributed by atoms with Gasteiger partial charge in [-0.2, -0.15) is 0 Å². The van der Waals surface area contributed by atoms with Crippen LogP contribution in [0.15, 0.2) is 48.7 Å². The Balaban J connectivity index is 1.51. The lowest BCUT2D eigenvalue weighted by atomic mass is 10.1. The minimum Gasteiger partial charge on any atom is -0.455 e. The second-order valence-corrected chi connectivity index (χ2v) is 7.01. The topological polar surface area (TPSA) is 62.4 Å². The number of nitrogens with one attached hydrogen (secondary N) is 1. The zero-order valence-electron chi connectivity index (χ0n) is 14.7. The highest BCUT2D eigenvalue weighted by Crippen LogP contribution is 2.23. The zero-order valence-corrected chi connectivity index (χ0v) is 16.2. The number of H-pyrrole nitrogens is 1. The minimum absolute atomic E-state index is 0.105. The Bertz CT molecular complexity index is 984. The van der Waals surface area contributed by atoms with Crippen LogP contribution in [0.4, 0.5) is 0 Å². The third-order valence-corrected chi connectivity index (χ3v) is 4.93. The second kappa shape index (κ2) is 8.46. The number of esters is 1. The van der Waals surface area contributed by atoms with Gasteiger partial charge in [-0.3, -0.25) is 9.59 Å². The van der Waals surface area contributed by atoms with Crippen LogP contribution < -0.4 is 0 Å². The normalized spacial score (nSPS) is 10.8. The lowest BCUT2D eigenvalue weighted by molar-refractivity contribution is -0.151. The van der Waals surface area contributed by atoms with Gasteiger partial charge in [-0.1, -0.05) is 47.5 Å². The van der Waals surface area contributed by atoms with E-state index in [2.05, 4.69) is 4.98 Å². The molecule has 0 saturated heterocycles. The highest BCUT2D eigenvalue weighted by molar-refractivity contribution is 6.42. The van der Waals surface area contributed by atoms with Crippen LogP contribution in [0.3, 0.4) is 0 Å². The van der Waals surface area contributed by atoms with E-state index >= 15 is 0 Å². The van der Waals surface area contributed by atoms with Crippen LogP contribution in [0.2, 0.25) is 10.0 Å². The summed E-state index contributed by atoms with van der Waals surface area (Å²) >= 11 is 11.9. The van der Waals surface area contributed by atoms with E-state index < -0.39 is 5.97 Å². The Morgan fingerprint density at radius 1 is 1.11 bits per heavy atom. The molecule has 1 amide bonds. The molecule has 0 saturated carbocycles. The Hall–Kier alpha value is -2.50. The second-order valence-electron chi connectivity index (χ2n) is 6.20. The fraction of sp³-hybridized carbons (Fsp3) is 0.200. The summed E-state index contributed by atoms with van der Waals surface area (Å²) in [5.74, 6) is -0.746. The molecule has 0 bridgehead atoms. The van der Waals surface area contributed by atoms with Crippen molar-refractivity contribution < 1.29 is 14.3 Å². The van der Waals surface area contributed by atoms with E-state index in [0.717, 1.165) is 22.0 Å². The summed E-state index contributed by atoms with van der Waals surface area (Å²) in [5, 5.41) is 1.86. The SMILES string of the molecule is CN(Cc1ccc(Cl)c(Cl)c1)C(=O)COC(=O)Cc1c[nH]c2ccccc12. The maximum atomic E-state index is 12.2. The molecule has 0 aliphatic heterocycles. The average Bonchev–Trinajstić information content (AvgIpc) is 3.05. The van der Waals surface area contributed by atoms with Crippen molar-refractivity contribution in [1.29, 1.82) is 0 Å². The van der Waals surface area contributed by atoms with Gasteiger partial charge >= 0.3 is 5.97 Å². The third-order valence-electron chi connectivity index (χ3n) is 4.20. The summed E-state index contributed by atoms with van der Waals surface area (Å²) in [6.45, 7) is 0.0364. The van der Waals surface area contributed by atoms with Gasteiger partial charge in [0, 0.05) is 30.7 Å². The molecule has 0 unspecified atom stereocenters. The molecule has 0 radical (unpaired) electrons.